The Hall–Kier alpha value is -4.83. The summed E-state index contributed by atoms with van der Waals surface area (Å²) in [6.07, 6.45) is 2.03. The number of aliphatic imine (C=N–C) groups is 1. The maximum absolute atomic E-state index is 13.1. The molecular formula is C35H38ClN7O4S. The lowest BCUT2D eigenvalue weighted by atomic mass is 9.99. The molecule has 1 aromatic heterocycles. The average molecular weight is 688 g/mol. The van der Waals surface area contributed by atoms with Crippen LogP contribution in [-0.4, -0.2) is 59.4 Å². The number of rotatable bonds is 11. The van der Waals surface area contributed by atoms with Gasteiger partial charge in [-0.2, -0.15) is 0 Å². The van der Waals surface area contributed by atoms with Crippen molar-refractivity contribution >= 4 is 68.8 Å². The van der Waals surface area contributed by atoms with Crippen molar-refractivity contribution in [3.8, 4) is 11.8 Å². The molecule has 2 heterocycles. The van der Waals surface area contributed by atoms with Crippen LogP contribution >= 0.6 is 22.9 Å². The van der Waals surface area contributed by atoms with E-state index in [1.807, 2.05) is 26.0 Å². The van der Waals surface area contributed by atoms with Crippen molar-refractivity contribution in [1.82, 2.24) is 5.32 Å². The van der Waals surface area contributed by atoms with Crippen molar-refractivity contribution in [3.05, 3.63) is 80.2 Å². The molecule has 2 aromatic carbocycles. The predicted molar refractivity (Wildman–Crippen MR) is 192 cm³/mol. The van der Waals surface area contributed by atoms with Crippen LogP contribution in [0.25, 0.3) is 0 Å². The number of amidine groups is 2. The van der Waals surface area contributed by atoms with Crippen molar-refractivity contribution in [2.24, 2.45) is 10.7 Å². The number of hydrogen-bond donors (Lipinski definition) is 6. The molecule has 0 unspecified atom stereocenters. The van der Waals surface area contributed by atoms with E-state index in [0.29, 0.717) is 40.0 Å². The van der Waals surface area contributed by atoms with Crippen molar-refractivity contribution in [2.75, 3.05) is 23.3 Å². The van der Waals surface area contributed by atoms with Crippen LogP contribution in [0.3, 0.4) is 0 Å². The second-order valence-corrected chi connectivity index (χ2v) is 12.9. The van der Waals surface area contributed by atoms with E-state index in [1.54, 1.807) is 31.2 Å². The summed E-state index contributed by atoms with van der Waals surface area (Å²) in [5, 5.41) is 33.8. The van der Waals surface area contributed by atoms with Crippen LogP contribution in [0.4, 0.5) is 10.7 Å². The Bertz CT molecular complexity index is 1840. The smallest absolute Gasteiger partial charge is 0.337 e. The Labute approximate surface area is 288 Å². The molecular weight excluding hydrogens is 650 g/mol. The molecule has 0 spiro atoms. The first-order chi connectivity index (χ1) is 22.9. The summed E-state index contributed by atoms with van der Waals surface area (Å²) in [5.41, 5.74) is 9.29. The number of amides is 2. The normalized spacial score (nSPS) is 13.9. The number of carbonyl (C=O) groups excluding carboxylic acids is 2. The molecule has 1 aliphatic heterocycles. The highest BCUT2D eigenvalue weighted by Gasteiger charge is 2.34. The molecule has 7 N–H and O–H groups in total. The number of aromatic carboxylic acids is 1. The second kappa shape index (κ2) is 16.3. The number of hydrogen-bond acceptors (Lipinski definition) is 8. The van der Waals surface area contributed by atoms with Gasteiger partial charge in [0, 0.05) is 51.7 Å². The Morgan fingerprint density at radius 1 is 1.12 bits per heavy atom. The lowest BCUT2D eigenvalue weighted by Gasteiger charge is -2.24. The van der Waals surface area contributed by atoms with Gasteiger partial charge in [-0.05, 0) is 76.1 Å². The summed E-state index contributed by atoms with van der Waals surface area (Å²) in [4.78, 5) is 45.1. The largest absolute Gasteiger partial charge is 0.478 e. The van der Waals surface area contributed by atoms with E-state index in [2.05, 4.69) is 22.5 Å². The van der Waals surface area contributed by atoms with Crippen molar-refractivity contribution < 1.29 is 19.5 Å². The molecule has 0 aliphatic carbocycles. The van der Waals surface area contributed by atoms with Gasteiger partial charge >= 0.3 is 5.97 Å². The maximum Gasteiger partial charge on any atom is 0.337 e. The molecule has 0 radical (unpaired) electrons. The fourth-order valence-electron chi connectivity index (χ4n) is 5.10. The third-order valence-corrected chi connectivity index (χ3v) is 9.11. The first-order valence-electron chi connectivity index (χ1n) is 15.4. The molecule has 0 bridgehead atoms. The number of thiophene rings is 1. The standard InChI is InChI=1S/C35H38ClN7O4S/c1-20-21(2)48-34-31(20)32(24-9-12-25(36)13-10-24)42-28(33(39)43(34)22(3)38)19-30(45)40-17-15-29(44)41-26-14-11-23(27(18-26)35(46)47)8-6-4-5-7-16-37/h9-14,18,28,38-39H,4-5,7,15-17,19,37H2,1-3H3,(H,40,45)(H,41,44)(H,46,47)/t28-/m0/s1. The van der Waals surface area contributed by atoms with Gasteiger partial charge in [-0.15, -0.1) is 11.3 Å². The highest BCUT2D eigenvalue weighted by Crippen LogP contribution is 2.40. The van der Waals surface area contributed by atoms with Crippen molar-refractivity contribution in [2.45, 2.75) is 58.9 Å². The molecule has 250 valence electrons. The van der Waals surface area contributed by atoms with Gasteiger partial charge in [0.2, 0.25) is 11.8 Å². The zero-order valence-corrected chi connectivity index (χ0v) is 28.6. The number of anilines is 2. The molecule has 48 heavy (non-hydrogen) atoms. The van der Waals surface area contributed by atoms with Gasteiger partial charge in [0.25, 0.3) is 0 Å². The average Bonchev–Trinajstić information content (AvgIpc) is 3.25. The van der Waals surface area contributed by atoms with Crippen molar-refractivity contribution in [3.63, 3.8) is 0 Å². The third kappa shape index (κ3) is 8.74. The van der Waals surface area contributed by atoms with E-state index in [-0.39, 0.29) is 36.6 Å². The van der Waals surface area contributed by atoms with Crippen LogP contribution < -0.4 is 21.3 Å². The number of nitrogens with zero attached hydrogens (tertiary/aromatic N) is 2. The fraction of sp³-hybridized carbons (Fsp3) is 0.314. The third-order valence-electron chi connectivity index (χ3n) is 7.67. The number of nitrogens with two attached hydrogens (primary N) is 1. The van der Waals surface area contributed by atoms with Crippen molar-refractivity contribution in [1.29, 1.82) is 10.8 Å². The lowest BCUT2D eigenvalue weighted by molar-refractivity contribution is -0.121. The maximum atomic E-state index is 13.1. The molecule has 1 atom stereocenters. The Morgan fingerprint density at radius 2 is 1.85 bits per heavy atom. The van der Waals surface area contributed by atoms with Gasteiger partial charge in [-0.25, -0.2) is 4.79 Å². The zero-order chi connectivity index (χ0) is 35.0. The summed E-state index contributed by atoms with van der Waals surface area (Å²) in [6.45, 7) is 6.14. The van der Waals surface area contributed by atoms with Gasteiger partial charge in [0.15, 0.2) is 0 Å². The van der Waals surface area contributed by atoms with E-state index in [4.69, 9.17) is 33.1 Å². The van der Waals surface area contributed by atoms with Gasteiger partial charge in [0.05, 0.1) is 17.7 Å². The van der Waals surface area contributed by atoms with Crippen LogP contribution in [0.1, 0.15) is 76.5 Å². The first-order valence-corrected chi connectivity index (χ1v) is 16.6. The number of nitrogens with one attached hydrogen (secondary N) is 4. The Morgan fingerprint density at radius 3 is 2.52 bits per heavy atom. The molecule has 4 rings (SSSR count). The molecule has 0 fully saturated rings. The summed E-state index contributed by atoms with van der Waals surface area (Å²) in [7, 11) is 0. The summed E-state index contributed by atoms with van der Waals surface area (Å²) >= 11 is 7.62. The Kier molecular flexibility index (Phi) is 12.2. The monoisotopic (exact) mass is 687 g/mol. The SMILES string of the molecule is CC(=N)N1C(=N)[C@H](CC(=O)NCCC(=O)Nc2ccc(C#CCCCCN)c(C(=O)O)c2)N=C(c2ccc(Cl)cc2)c2c1sc(C)c2C. The number of carboxylic acid groups (broad SMARTS) is 1. The highest BCUT2D eigenvalue weighted by atomic mass is 35.5. The minimum absolute atomic E-state index is 0.000197. The minimum atomic E-state index is -1.16. The summed E-state index contributed by atoms with van der Waals surface area (Å²) in [6, 6.07) is 10.8. The topological polar surface area (TPSA) is 185 Å². The molecule has 3 aromatic rings. The van der Waals surface area contributed by atoms with Crippen LogP contribution in [0.5, 0.6) is 0 Å². The van der Waals surface area contributed by atoms with E-state index in [0.717, 1.165) is 34.4 Å². The molecule has 0 saturated heterocycles. The zero-order valence-electron chi connectivity index (χ0n) is 27.0. The number of fused-ring (bicyclic) bond motifs is 1. The number of benzene rings is 2. The van der Waals surface area contributed by atoms with Crippen LogP contribution in [0.2, 0.25) is 5.02 Å². The van der Waals surface area contributed by atoms with Gasteiger partial charge in [-0.1, -0.05) is 35.6 Å². The molecule has 0 saturated carbocycles. The highest BCUT2D eigenvalue weighted by molar-refractivity contribution is 7.17. The number of aryl methyl sites for hydroxylation is 1. The summed E-state index contributed by atoms with van der Waals surface area (Å²) < 4.78 is 0. The van der Waals surface area contributed by atoms with Crippen LogP contribution in [-0.2, 0) is 9.59 Å². The van der Waals surface area contributed by atoms with Gasteiger partial charge < -0.3 is 21.5 Å². The fourth-order valence-corrected chi connectivity index (χ4v) is 6.45. The quantitative estimate of drug-likeness (QED) is 0.0647. The van der Waals surface area contributed by atoms with Gasteiger partial charge in [0.1, 0.15) is 22.7 Å². The predicted octanol–water partition coefficient (Wildman–Crippen LogP) is 5.73. The Balaban J connectivity index is 1.44. The number of carboxylic acids is 1. The van der Waals surface area contributed by atoms with Gasteiger partial charge in [-0.3, -0.25) is 30.3 Å². The molecule has 1 aliphatic rings. The molecule has 11 nitrogen and oxygen atoms in total. The summed E-state index contributed by atoms with van der Waals surface area (Å²) in [5.74, 6) is 3.97. The number of unbranched alkanes of at least 4 members (excludes halogenated alkanes) is 2. The molecule has 2 amide bonds. The van der Waals surface area contributed by atoms with Crippen LogP contribution in [0.15, 0.2) is 47.5 Å². The number of carbonyl (C=O) groups is 3. The van der Waals surface area contributed by atoms with E-state index >= 15 is 0 Å². The minimum Gasteiger partial charge on any atom is -0.478 e. The number of halogens is 1. The first kappa shape index (κ1) is 36.0. The lowest BCUT2D eigenvalue weighted by Crippen LogP contribution is -2.42. The second-order valence-electron chi connectivity index (χ2n) is 11.2. The van der Waals surface area contributed by atoms with Crippen LogP contribution in [0, 0.1) is 36.5 Å². The van der Waals surface area contributed by atoms with E-state index in [9.17, 15) is 19.5 Å². The molecule has 13 heteroatoms. The van der Waals surface area contributed by atoms with E-state index < -0.39 is 23.8 Å². The van der Waals surface area contributed by atoms with E-state index in [1.165, 1.54) is 22.3 Å².